The normalized spacial score (nSPS) is 17.9. The second kappa shape index (κ2) is 6.94. The van der Waals surface area contributed by atoms with Gasteiger partial charge >= 0.3 is 0 Å². The Morgan fingerprint density at radius 2 is 1.95 bits per heavy atom. The summed E-state index contributed by atoms with van der Waals surface area (Å²) < 4.78 is 5.24. The largest absolute Gasteiger partial charge is 0.496 e. The van der Waals surface area contributed by atoms with Crippen molar-refractivity contribution in [3.8, 4) is 5.75 Å². The van der Waals surface area contributed by atoms with E-state index in [-0.39, 0.29) is 5.91 Å². The number of carbonyl (C=O) groups excluding carboxylic acids is 1. The molecule has 0 radical (unpaired) electrons. The molecule has 1 aromatic carbocycles. The van der Waals surface area contributed by atoms with Gasteiger partial charge in [-0.05, 0) is 31.9 Å². The predicted octanol–water partition coefficient (Wildman–Crippen LogP) is 2.82. The Hall–Kier alpha value is -1.55. The van der Waals surface area contributed by atoms with Crippen LogP contribution in [0.5, 0.6) is 5.75 Å². The number of amides is 1. The maximum Gasteiger partial charge on any atom is 0.255 e. The summed E-state index contributed by atoms with van der Waals surface area (Å²) in [6.07, 6.45) is 5.92. The summed E-state index contributed by atoms with van der Waals surface area (Å²) in [4.78, 5) is 12.3. The zero-order valence-electron chi connectivity index (χ0n) is 12.9. The molecule has 1 amide bonds. The van der Waals surface area contributed by atoms with Gasteiger partial charge in [-0.25, -0.2) is 0 Å². The fraction of sp³-hybridized carbons (Fsp3) is 0.588. The first kappa shape index (κ1) is 15.8. The summed E-state index contributed by atoms with van der Waals surface area (Å²) in [5, 5.41) is 13.5. The van der Waals surface area contributed by atoms with Gasteiger partial charge in [0.15, 0.2) is 0 Å². The van der Waals surface area contributed by atoms with Crippen LogP contribution in [0.2, 0.25) is 0 Å². The molecule has 1 aliphatic rings. The number of ether oxygens (including phenoxy) is 1. The van der Waals surface area contributed by atoms with Crippen LogP contribution in [0.1, 0.15) is 54.4 Å². The summed E-state index contributed by atoms with van der Waals surface area (Å²) in [7, 11) is 1.56. The molecule has 4 nitrogen and oxygen atoms in total. The fourth-order valence-electron chi connectivity index (χ4n) is 2.90. The van der Waals surface area contributed by atoms with Gasteiger partial charge in [-0.2, -0.15) is 0 Å². The Balaban J connectivity index is 2.02. The highest BCUT2D eigenvalue weighted by Crippen LogP contribution is 2.26. The van der Waals surface area contributed by atoms with Gasteiger partial charge in [0.2, 0.25) is 0 Å². The van der Waals surface area contributed by atoms with Crippen LogP contribution in [-0.2, 0) is 0 Å². The van der Waals surface area contributed by atoms with Crippen LogP contribution < -0.4 is 10.1 Å². The first-order valence-electron chi connectivity index (χ1n) is 7.69. The summed E-state index contributed by atoms with van der Waals surface area (Å²) >= 11 is 0. The number of aryl methyl sites for hydroxylation is 1. The molecule has 116 valence electrons. The van der Waals surface area contributed by atoms with Crippen molar-refractivity contribution < 1.29 is 14.6 Å². The first-order valence-corrected chi connectivity index (χ1v) is 7.69. The minimum atomic E-state index is -0.761. The fourth-order valence-corrected chi connectivity index (χ4v) is 2.90. The molecule has 0 aliphatic heterocycles. The molecule has 0 bridgehead atoms. The summed E-state index contributed by atoms with van der Waals surface area (Å²) in [6.45, 7) is 2.25. The number of methoxy groups -OCH3 is 1. The molecular formula is C17H25NO3. The number of hydrogen-bond acceptors (Lipinski definition) is 3. The number of carbonyl (C=O) groups is 1. The first-order chi connectivity index (χ1) is 10.0. The van der Waals surface area contributed by atoms with Crippen LogP contribution in [0.15, 0.2) is 18.2 Å². The predicted molar refractivity (Wildman–Crippen MR) is 82.7 cm³/mol. The lowest BCUT2D eigenvalue weighted by Crippen LogP contribution is -2.42. The van der Waals surface area contributed by atoms with Crippen molar-refractivity contribution in [1.82, 2.24) is 5.32 Å². The number of nitrogens with one attached hydrogen (secondary N) is 1. The van der Waals surface area contributed by atoms with Crippen molar-refractivity contribution in [3.63, 3.8) is 0 Å². The smallest absolute Gasteiger partial charge is 0.255 e. The van der Waals surface area contributed by atoms with Crippen molar-refractivity contribution in [2.24, 2.45) is 0 Å². The molecule has 2 N–H and O–H groups in total. The standard InChI is InChI=1S/C17H25NO3/c1-13-7-8-15(21-2)14(11-13)16(19)18-12-17(20)9-5-3-4-6-10-17/h7-8,11,20H,3-6,9-10,12H2,1-2H3,(H,18,19). The molecule has 1 aliphatic carbocycles. The molecule has 2 rings (SSSR count). The van der Waals surface area contributed by atoms with E-state index < -0.39 is 5.60 Å². The molecular weight excluding hydrogens is 266 g/mol. The summed E-state index contributed by atoms with van der Waals surface area (Å²) in [5.74, 6) is 0.374. The van der Waals surface area contributed by atoms with Gasteiger partial charge in [0.1, 0.15) is 5.75 Å². The Labute approximate surface area is 126 Å². The molecule has 0 aromatic heterocycles. The van der Waals surface area contributed by atoms with E-state index in [0.717, 1.165) is 31.2 Å². The van der Waals surface area contributed by atoms with Crippen LogP contribution in [0.3, 0.4) is 0 Å². The molecule has 0 heterocycles. The van der Waals surface area contributed by atoms with E-state index in [1.54, 1.807) is 13.2 Å². The topological polar surface area (TPSA) is 58.6 Å². The molecule has 4 heteroatoms. The van der Waals surface area contributed by atoms with Crippen LogP contribution in [0, 0.1) is 6.92 Å². The number of aliphatic hydroxyl groups is 1. The van der Waals surface area contributed by atoms with Crippen molar-refractivity contribution in [1.29, 1.82) is 0 Å². The zero-order valence-corrected chi connectivity index (χ0v) is 12.9. The van der Waals surface area contributed by atoms with Gasteiger partial charge in [0.25, 0.3) is 5.91 Å². The van der Waals surface area contributed by atoms with Crippen LogP contribution in [-0.4, -0.2) is 30.3 Å². The monoisotopic (exact) mass is 291 g/mol. The number of rotatable bonds is 4. The highest BCUT2D eigenvalue weighted by atomic mass is 16.5. The Morgan fingerprint density at radius 3 is 2.57 bits per heavy atom. The van der Waals surface area contributed by atoms with Crippen molar-refractivity contribution in [2.75, 3.05) is 13.7 Å². The second-order valence-electron chi connectivity index (χ2n) is 6.02. The number of hydrogen-bond donors (Lipinski definition) is 2. The van der Waals surface area contributed by atoms with Gasteiger partial charge in [-0.1, -0.05) is 37.3 Å². The van der Waals surface area contributed by atoms with E-state index in [4.69, 9.17) is 4.74 Å². The molecule has 0 spiro atoms. The minimum absolute atomic E-state index is 0.187. The molecule has 0 saturated heterocycles. The van der Waals surface area contributed by atoms with Crippen molar-refractivity contribution in [3.05, 3.63) is 29.3 Å². The van der Waals surface area contributed by atoms with Gasteiger partial charge in [-0.15, -0.1) is 0 Å². The molecule has 0 atom stereocenters. The average molecular weight is 291 g/mol. The summed E-state index contributed by atoms with van der Waals surface area (Å²) in [6, 6.07) is 5.52. The molecule has 0 unspecified atom stereocenters. The van der Waals surface area contributed by atoms with Crippen molar-refractivity contribution >= 4 is 5.91 Å². The third kappa shape index (κ3) is 4.21. The molecule has 1 aromatic rings. The van der Waals surface area contributed by atoms with E-state index in [1.165, 1.54) is 12.8 Å². The molecule has 21 heavy (non-hydrogen) atoms. The maximum absolute atomic E-state index is 12.3. The van der Waals surface area contributed by atoms with E-state index in [9.17, 15) is 9.90 Å². The average Bonchev–Trinajstić information content (AvgIpc) is 2.70. The molecule has 1 fully saturated rings. The molecule has 1 saturated carbocycles. The number of benzene rings is 1. The van der Waals surface area contributed by atoms with Crippen molar-refractivity contribution in [2.45, 2.75) is 51.0 Å². The maximum atomic E-state index is 12.3. The third-order valence-corrected chi connectivity index (χ3v) is 4.21. The lowest BCUT2D eigenvalue weighted by Gasteiger charge is -2.27. The highest BCUT2D eigenvalue weighted by Gasteiger charge is 2.28. The van der Waals surface area contributed by atoms with Gasteiger partial charge in [-0.3, -0.25) is 4.79 Å². The lowest BCUT2D eigenvalue weighted by molar-refractivity contribution is 0.0246. The van der Waals surface area contributed by atoms with E-state index >= 15 is 0 Å². The van der Waals surface area contributed by atoms with Gasteiger partial charge in [0, 0.05) is 6.54 Å². The van der Waals surface area contributed by atoms with Gasteiger partial charge < -0.3 is 15.2 Å². The van der Waals surface area contributed by atoms with Crippen LogP contribution >= 0.6 is 0 Å². The van der Waals surface area contributed by atoms with E-state index in [2.05, 4.69) is 5.32 Å². The van der Waals surface area contributed by atoms with Gasteiger partial charge in [0.05, 0.1) is 18.3 Å². The lowest BCUT2D eigenvalue weighted by atomic mass is 9.94. The Bertz CT molecular complexity index is 491. The van der Waals surface area contributed by atoms with E-state index in [1.807, 2.05) is 19.1 Å². The summed E-state index contributed by atoms with van der Waals surface area (Å²) in [5.41, 5.74) is 0.771. The SMILES string of the molecule is COc1ccc(C)cc1C(=O)NCC1(O)CCCCCC1. The zero-order chi connectivity index (χ0) is 15.3. The quantitative estimate of drug-likeness (QED) is 0.839. The third-order valence-electron chi connectivity index (χ3n) is 4.21. The van der Waals surface area contributed by atoms with E-state index in [0.29, 0.717) is 17.9 Å². The highest BCUT2D eigenvalue weighted by molar-refractivity contribution is 5.97. The van der Waals surface area contributed by atoms with Crippen LogP contribution in [0.25, 0.3) is 0 Å². The Kier molecular flexibility index (Phi) is 5.23. The minimum Gasteiger partial charge on any atom is -0.496 e. The Morgan fingerprint density at radius 1 is 1.29 bits per heavy atom. The van der Waals surface area contributed by atoms with Crippen LogP contribution in [0.4, 0.5) is 0 Å². The second-order valence-corrected chi connectivity index (χ2v) is 6.02.